The summed E-state index contributed by atoms with van der Waals surface area (Å²) in [6.45, 7) is 6.47. The first-order valence-corrected chi connectivity index (χ1v) is 10.7. The SMILES string of the molecule is CCC(C)(C)c1ccc(S(=O)Nc2ccc(Cl)cc2C(=O)/C(N)=C/N(C)N)cc1. The Balaban J connectivity index is 2.30. The van der Waals surface area contributed by atoms with E-state index in [2.05, 4.69) is 25.5 Å². The molecule has 0 fully saturated rings. The van der Waals surface area contributed by atoms with Crippen LogP contribution >= 0.6 is 11.6 Å². The Morgan fingerprint density at radius 2 is 1.86 bits per heavy atom. The van der Waals surface area contributed by atoms with E-state index in [4.69, 9.17) is 23.2 Å². The normalized spacial score (nSPS) is 13.1. The lowest BCUT2D eigenvalue weighted by Crippen LogP contribution is -2.24. The summed E-state index contributed by atoms with van der Waals surface area (Å²) in [7, 11) is -0.0181. The molecule has 6 nitrogen and oxygen atoms in total. The van der Waals surface area contributed by atoms with Crippen LogP contribution in [0.3, 0.4) is 0 Å². The van der Waals surface area contributed by atoms with Crippen LogP contribution in [0.25, 0.3) is 0 Å². The Bertz CT molecular complexity index is 940. The molecule has 5 N–H and O–H groups in total. The predicted octanol–water partition coefficient (Wildman–Crippen LogP) is 3.95. The highest BCUT2D eigenvalue weighted by Gasteiger charge is 2.19. The molecule has 29 heavy (non-hydrogen) atoms. The monoisotopic (exact) mass is 434 g/mol. The molecular formula is C21H27ClN4O2S. The number of anilines is 1. The molecule has 2 aromatic rings. The Morgan fingerprint density at radius 3 is 2.41 bits per heavy atom. The van der Waals surface area contributed by atoms with Crippen molar-refractivity contribution in [2.75, 3.05) is 11.8 Å². The summed E-state index contributed by atoms with van der Waals surface area (Å²) in [4.78, 5) is 13.3. The Kier molecular flexibility index (Phi) is 7.46. The average Bonchev–Trinajstić information content (AvgIpc) is 2.68. The summed E-state index contributed by atoms with van der Waals surface area (Å²) in [6.07, 6.45) is 2.30. The van der Waals surface area contributed by atoms with Crippen molar-refractivity contribution in [3.63, 3.8) is 0 Å². The number of rotatable bonds is 8. The average molecular weight is 435 g/mol. The van der Waals surface area contributed by atoms with Gasteiger partial charge in [0.1, 0.15) is 11.0 Å². The fourth-order valence-corrected chi connectivity index (χ4v) is 3.67. The van der Waals surface area contributed by atoms with Crippen LogP contribution in [0, 0.1) is 0 Å². The van der Waals surface area contributed by atoms with Crippen LogP contribution in [0.4, 0.5) is 5.69 Å². The number of halogens is 1. The molecule has 0 saturated heterocycles. The van der Waals surface area contributed by atoms with E-state index in [0.717, 1.165) is 6.42 Å². The second-order valence-corrected chi connectivity index (χ2v) is 9.05. The van der Waals surface area contributed by atoms with Crippen molar-refractivity contribution in [1.29, 1.82) is 0 Å². The third-order valence-corrected chi connectivity index (χ3v) is 6.11. The predicted molar refractivity (Wildman–Crippen MR) is 120 cm³/mol. The van der Waals surface area contributed by atoms with Crippen LogP contribution in [-0.2, 0) is 16.4 Å². The molecule has 0 aliphatic heterocycles. The van der Waals surface area contributed by atoms with Crippen molar-refractivity contribution in [1.82, 2.24) is 5.01 Å². The molecule has 0 bridgehead atoms. The maximum absolute atomic E-state index is 12.8. The first-order valence-electron chi connectivity index (χ1n) is 9.13. The Labute approximate surface area is 179 Å². The minimum atomic E-state index is -1.57. The topological polar surface area (TPSA) is 101 Å². The Hall–Kier alpha value is -2.35. The molecular weight excluding hydrogens is 408 g/mol. The van der Waals surface area contributed by atoms with E-state index in [1.807, 2.05) is 24.3 Å². The van der Waals surface area contributed by atoms with Crippen LogP contribution < -0.4 is 16.3 Å². The fourth-order valence-electron chi connectivity index (χ4n) is 2.62. The van der Waals surface area contributed by atoms with Crippen molar-refractivity contribution in [3.8, 4) is 0 Å². The van der Waals surface area contributed by atoms with Gasteiger partial charge >= 0.3 is 0 Å². The van der Waals surface area contributed by atoms with E-state index < -0.39 is 16.8 Å². The fraction of sp³-hybridized carbons (Fsp3) is 0.286. The zero-order valence-electron chi connectivity index (χ0n) is 17.0. The number of nitrogens with two attached hydrogens (primary N) is 2. The number of hydrogen-bond donors (Lipinski definition) is 3. The van der Waals surface area contributed by atoms with Crippen molar-refractivity contribution in [2.45, 2.75) is 37.5 Å². The zero-order chi connectivity index (χ0) is 21.8. The number of benzene rings is 2. The van der Waals surface area contributed by atoms with Gasteiger partial charge in [-0.2, -0.15) is 0 Å². The molecule has 2 rings (SSSR count). The number of hydrazine groups is 1. The summed E-state index contributed by atoms with van der Waals surface area (Å²) in [6, 6.07) is 12.3. The van der Waals surface area contributed by atoms with Gasteiger partial charge < -0.3 is 15.5 Å². The standard InChI is InChI=1S/C21H27ClN4O2S/c1-5-21(2,3)14-6-9-16(10-7-14)29(28)25-19-11-8-15(22)12-17(19)20(27)18(23)13-26(4)24/h6-13,25H,5,23-24H2,1-4H3/b18-13-. The van der Waals surface area contributed by atoms with E-state index in [0.29, 0.717) is 15.6 Å². The van der Waals surface area contributed by atoms with Crippen LogP contribution in [0.5, 0.6) is 0 Å². The molecule has 0 radical (unpaired) electrons. The van der Waals surface area contributed by atoms with Gasteiger partial charge in [-0.05, 0) is 47.7 Å². The van der Waals surface area contributed by atoms with Gasteiger partial charge in [-0.25, -0.2) is 10.1 Å². The number of nitrogens with zero attached hydrogens (tertiary/aromatic N) is 1. The van der Waals surface area contributed by atoms with E-state index in [1.54, 1.807) is 19.2 Å². The third-order valence-electron chi connectivity index (χ3n) is 4.77. The van der Waals surface area contributed by atoms with Gasteiger partial charge in [0.2, 0.25) is 5.78 Å². The van der Waals surface area contributed by atoms with Gasteiger partial charge in [-0.1, -0.05) is 44.5 Å². The molecule has 1 unspecified atom stereocenters. The summed E-state index contributed by atoms with van der Waals surface area (Å²) in [5.74, 6) is 5.05. The quantitative estimate of drug-likeness (QED) is 0.252. The summed E-state index contributed by atoms with van der Waals surface area (Å²) >= 11 is 6.05. The van der Waals surface area contributed by atoms with E-state index in [9.17, 15) is 9.00 Å². The first kappa shape index (κ1) is 22.9. The molecule has 156 valence electrons. The summed E-state index contributed by atoms with van der Waals surface area (Å²) < 4.78 is 15.7. The number of hydrogen-bond acceptors (Lipinski definition) is 5. The zero-order valence-corrected chi connectivity index (χ0v) is 18.6. The van der Waals surface area contributed by atoms with Crippen molar-refractivity contribution < 1.29 is 9.00 Å². The molecule has 0 aromatic heterocycles. The van der Waals surface area contributed by atoms with Crippen molar-refractivity contribution >= 4 is 34.1 Å². The smallest absolute Gasteiger partial charge is 0.212 e. The number of nitrogens with one attached hydrogen (secondary N) is 1. The molecule has 0 spiro atoms. The number of carbonyl (C=O) groups is 1. The van der Waals surface area contributed by atoms with Crippen LogP contribution in [0.2, 0.25) is 5.02 Å². The molecule has 0 amide bonds. The van der Waals surface area contributed by atoms with Gasteiger partial charge in [-0.15, -0.1) is 0 Å². The number of carbonyl (C=O) groups excluding carboxylic acids is 1. The van der Waals surface area contributed by atoms with Crippen molar-refractivity contribution in [3.05, 3.63) is 70.5 Å². The van der Waals surface area contributed by atoms with Crippen LogP contribution in [0.15, 0.2) is 59.3 Å². The van der Waals surface area contributed by atoms with E-state index >= 15 is 0 Å². The third kappa shape index (κ3) is 5.82. The minimum absolute atomic E-state index is 0.0449. The summed E-state index contributed by atoms with van der Waals surface area (Å²) in [5, 5.41) is 1.55. The second kappa shape index (κ2) is 9.43. The number of allylic oxidation sites excluding steroid dienone is 1. The van der Waals surface area contributed by atoms with Gasteiger partial charge in [-0.3, -0.25) is 4.79 Å². The van der Waals surface area contributed by atoms with Crippen LogP contribution in [-0.4, -0.2) is 22.0 Å². The highest BCUT2D eigenvalue weighted by Crippen LogP contribution is 2.28. The minimum Gasteiger partial charge on any atom is -0.394 e. The molecule has 8 heteroatoms. The maximum atomic E-state index is 12.8. The molecule has 0 heterocycles. The highest BCUT2D eigenvalue weighted by molar-refractivity contribution is 7.86. The largest absolute Gasteiger partial charge is 0.394 e. The van der Waals surface area contributed by atoms with Gasteiger partial charge in [0.05, 0.1) is 16.3 Å². The molecule has 2 aromatic carbocycles. The second-order valence-electron chi connectivity index (χ2n) is 7.40. The van der Waals surface area contributed by atoms with Gasteiger partial charge in [0.15, 0.2) is 0 Å². The van der Waals surface area contributed by atoms with Gasteiger partial charge in [0.25, 0.3) is 0 Å². The van der Waals surface area contributed by atoms with Crippen LogP contribution in [0.1, 0.15) is 43.1 Å². The lowest BCUT2D eigenvalue weighted by atomic mass is 9.82. The molecule has 1 atom stereocenters. The van der Waals surface area contributed by atoms with E-state index in [1.165, 1.54) is 22.8 Å². The summed E-state index contributed by atoms with van der Waals surface area (Å²) in [5.41, 5.74) is 7.57. The number of ketones is 1. The molecule has 0 aliphatic carbocycles. The van der Waals surface area contributed by atoms with Gasteiger partial charge in [0, 0.05) is 23.8 Å². The first-order chi connectivity index (χ1) is 13.5. The molecule has 0 aliphatic rings. The lowest BCUT2D eigenvalue weighted by Gasteiger charge is -2.23. The Morgan fingerprint density at radius 1 is 1.24 bits per heavy atom. The maximum Gasteiger partial charge on any atom is 0.212 e. The van der Waals surface area contributed by atoms with Crippen molar-refractivity contribution in [2.24, 2.45) is 11.6 Å². The number of Topliss-reactive ketones (excluding diaryl/α,β-unsaturated/α-hetero) is 1. The lowest BCUT2D eigenvalue weighted by molar-refractivity contribution is 0.103. The highest BCUT2D eigenvalue weighted by atomic mass is 35.5. The van der Waals surface area contributed by atoms with E-state index in [-0.39, 0.29) is 16.7 Å². The molecule has 0 saturated carbocycles.